The van der Waals surface area contributed by atoms with E-state index >= 15 is 0 Å². The molecule has 3 rings (SSSR count). The van der Waals surface area contributed by atoms with Gasteiger partial charge in [0.1, 0.15) is 5.69 Å². The normalized spacial score (nSPS) is 20.2. The van der Waals surface area contributed by atoms with E-state index in [4.69, 9.17) is 0 Å². The molecule has 0 unspecified atom stereocenters. The Kier molecular flexibility index (Phi) is 6.57. The maximum Gasteiger partial charge on any atom is 0.293 e. The predicted molar refractivity (Wildman–Crippen MR) is 109 cm³/mol. The van der Waals surface area contributed by atoms with Crippen LogP contribution < -0.4 is 4.90 Å². The molecule has 28 heavy (non-hydrogen) atoms. The summed E-state index contributed by atoms with van der Waals surface area (Å²) in [4.78, 5) is 15.5. The number of nitro groups is 1. The summed E-state index contributed by atoms with van der Waals surface area (Å²) in [6, 6.07) is 4.67. The van der Waals surface area contributed by atoms with Crippen LogP contribution in [0.1, 0.15) is 39.0 Å². The van der Waals surface area contributed by atoms with Crippen molar-refractivity contribution in [2.45, 2.75) is 50.0 Å². The van der Waals surface area contributed by atoms with Gasteiger partial charge in [0.05, 0.1) is 9.82 Å². The van der Waals surface area contributed by atoms with E-state index in [1.165, 1.54) is 22.9 Å². The van der Waals surface area contributed by atoms with Crippen molar-refractivity contribution in [2.75, 3.05) is 44.7 Å². The number of benzene rings is 1. The lowest BCUT2D eigenvalue weighted by molar-refractivity contribution is -0.384. The van der Waals surface area contributed by atoms with E-state index in [1.807, 2.05) is 14.0 Å². The first-order chi connectivity index (χ1) is 13.3. The summed E-state index contributed by atoms with van der Waals surface area (Å²) in [5, 5.41) is 11.8. The van der Waals surface area contributed by atoms with Gasteiger partial charge in [-0.15, -0.1) is 0 Å². The van der Waals surface area contributed by atoms with E-state index in [9.17, 15) is 18.5 Å². The Hall–Kier alpha value is -1.71. The third kappa shape index (κ3) is 4.31. The maximum atomic E-state index is 13.0. The molecular formula is C19H30N4O4S. The van der Waals surface area contributed by atoms with Crippen LogP contribution in [0.3, 0.4) is 0 Å². The van der Waals surface area contributed by atoms with Gasteiger partial charge in [0.2, 0.25) is 10.0 Å². The smallest absolute Gasteiger partial charge is 0.293 e. The summed E-state index contributed by atoms with van der Waals surface area (Å²) < 4.78 is 27.4. The fourth-order valence-corrected chi connectivity index (χ4v) is 5.69. The third-order valence-electron chi connectivity index (χ3n) is 5.91. The van der Waals surface area contributed by atoms with Gasteiger partial charge < -0.3 is 9.80 Å². The Bertz CT molecular complexity index is 800. The minimum Gasteiger partial charge on any atom is -0.363 e. The van der Waals surface area contributed by atoms with Crippen LogP contribution in [-0.2, 0) is 10.0 Å². The molecule has 1 heterocycles. The quantitative estimate of drug-likeness (QED) is 0.529. The highest BCUT2D eigenvalue weighted by molar-refractivity contribution is 7.89. The van der Waals surface area contributed by atoms with E-state index in [-0.39, 0.29) is 16.6 Å². The predicted octanol–water partition coefficient (Wildman–Crippen LogP) is 2.69. The molecule has 9 heteroatoms. The van der Waals surface area contributed by atoms with E-state index in [0.29, 0.717) is 38.4 Å². The second-order valence-electron chi connectivity index (χ2n) is 7.69. The minimum absolute atomic E-state index is 0.00667. The lowest BCUT2D eigenvalue weighted by Gasteiger charge is -2.35. The van der Waals surface area contributed by atoms with Gasteiger partial charge in [0, 0.05) is 44.8 Å². The van der Waals surface area contributed by atoms with Crippen LogP contribution in [0.4, 0.5) is 11.4 Å². The molecule has 0 bridgehead atoms. The van der Waals surface area contributed by atoms with Crippen LogP contribution in [0.25, 0.3) is 0 Å². The highest BCUT2D eigenvalue weighted by Crippen LogP contribution is 2.35. The van der Waals surface area contributed by atoms with E-state index in [1.54, 1.807) is 6.07 Å². The largest absolute Gasteiger partial charge is 0.363 e. The zero-order valence-corrected chi connectivity index (χ0v) is 17.5. The molecule has 1 saturated heterocycles. The van der Waals surface area contributed by atoms with Crippen LogP contribution in [0, 0.1) is 10.1 Å². The summed E-state index contributed by atoms with van der Waals surface area (Å²) in [7, 11) is -1.78. The number of sulfonamides is 1. The van der Waals surface area contributed by atoms with E-state index in [2.05, 4.69) is 9.80 Å². The third-order valence-corrected chi connectivity index (χ3v) is 7.80. The maximum absolute atomic E-state index is 13.0. The average Bonchev–Trinajstić information content (AvgIpc) is 2.69. The van der Waals surface area contributed by atoms with Crippen molar-refractivity contribution in [3.05, 3.63) is 28.3 Å². The van der Waals surface area contributed by atoms with Crippen LogP contribution in [0.15, 0.2) is 23.1 Å². The molecule has 0 aromatic heterocycles. The lowest BCUT2D eigenvalue weighted by atomic mass is 9.93. The second-order valence-corrected chi connectivity index (χ2v) is 9.63. The van der Waals surface area contributed by atoms with Gasteiger partial charge in [-0.1, -0.05) is 19.3 Å². The number of likely N-dealkylation sites (N-methyl/N-ethyl adjacent to an activating group) is 1. The summed E-state index contributed by atoms with van der Waals surface area (Å²) in [6.07, 6.45) is 5.51. The molecule has 1 aromatic carbocycles. The molecule has 0 N–H and O–H groups in total. The van der Waals surface area contributed by atoms with Gasteiger partial charge in [-0.3, -0.25) is 10.1 Å². The Balaban J connectivity index is 1.93. The molecule has 8 nitrogen and oxygen atoms in total. The standard InChI is InChI=1S/C19H30N4O4S/c1-3-22(16-7-5-4-6-8-16)18-10-9-17(15-19(18)23(24)25)28(26,27)21-13-11-20(2)12-14-21/h9-10,15-16H,3-8,11-14H2,1-2H3. The first-order valence-corrected chi connectivity index (χ1v) is 11.5. The molecule has 1 aliphatic carbocycles. The molecule has 2 aliphatic rings. The van der Waals surface area contributed by atoms with Crippen molar-refractivity contribution in [3.8, 4) is 0 Å². The van der Waals surface area contributed by atoms with E-state index in [0.717, 1.165) is 25.7 Å². The fourth-order valence-electron chi connectivity index (χ4n) is 4.25. The zero-order chi connectivity index (χ0) is 20.3. The van der Waals surface area contributed by atoms with Gasteiger partial charge in [0.25, 0.3) is 5.69 Å². The van der Waals surface area contributed by atoms with Crippen molar-refractivity contribution >= 4 is 21.4 Å². The molecule has 0 atom stereocenters. The van der Waals surface area contributed by atoms with Crippen molar-refractivity contribution in [1.29, 1.82) is 0 Å². The first kappa shape index (κ1) is 21.0. The number of hydrogen-bond acceptors (Lipinski definition) is 6. The van der Waals surface area contributed by atoms with Crippen LogP contribution in [-0.4, -0.2) is 68.4 Å². The number of nitro benzene ring substituents is 1. The Morgan fingerprint density at radius 3 is 2.36 bits per heavy atom. The summed E-state index contributed by atoms with van der Waals surface area (Å²) in [6.45, 7) is 4.77. The van der Waals surface area contributed by atoms with Crippen LogP contribution in [0.5, 0.6) is 0 Å². The zero-order valence-electron chi connectivity index (χ0n) is 16.7. The van der Waals surface area contributed by atoms with E-state index < -0.39 is 14.9 Å². The van der Waals surface area contributed by atoms with Crippen molar-refractivity contribution in [2.24, 2.45) is 0 Å². The SMILES string of the molecule is CCN(c1ccc(S(=O)(=O)N2CCN(C)CC2)cc1[N+](=O)[O-])C1CCCCC1. The monoisotopic (exact) mass is 410 g/mol. The van der Waals surface area contributed by atoms with Gasteiger partial charge in [0.15, 0.2) is 0 Å². The summed E-state index contributed by atoms with van der Waals surface area (Å²) >= 11 is 0. The first-order valence-electron chi connectivity index (χ1n) is 10.1. The lowest BCUT2D eigenvalue weighted by Crippen LogP contribution is -2.47. The van der Waals surface area contributed by atoms with Crippen LogP contribution >= 0.6 is 0 Å². The highest BCUT2D eigenvalue weighted by atomic mass is 32.2. The van der Waals surface area contributed by atoms with Gasteiger partial charge >= 0.3 is 0 Å². The number of rotatable bonds is 6. The van der Waals surface area contributed by atoms with Crippen LogP contribution in [0.2, 0.25) is 0 Å². The van der Waals surface area contributed by atoms with Gasteiger partial charge in [-0.25, -0.2) is 8.42 Å². The topological polar surface area (TPSA) is 87.0 Å². The summed E-state index contributed by atoms with van der Waals surface area (Å²) in [5.41, 5.74) is 0.402. The Morgan fingerprint density at radius 2 is 1.79 bits per heavy atom. The Labute approximate surface area is 167 Å². The number of hydrogen-bond donors (Lipinski definition) is 0. The fraction of sp³-hybridized carbons (Fsp3) is 0.684. The molecule has 0 radical (unpaired) electrons. The number of nitrogens with zero attached hydrogens (tertiary/aromatic N) is 4. The molecule has 156 valence electrons. The van der Waals surface area contributed by atoms with Gasteiger partial charge in [-0.2, -0.15) is 4.31 Å². The van der Waals surface area contributed by atoms with Crippen molar-refractivity contribution in [1.82, 2.24) is 9.21 Å². The second kappa shape index (κ2) is 8.75. The molecule has 0 amide bonds. The van der Waals surface area contributed by atoms with Crippen molar-refractivity contribution in [3.63, 3.8) is 0 Å². The summed E-state index contributed by atoms with van der Waals surface area (Å²) in [5.74, 6) is 0. The van der Waals surface area contributed by atoms with Crippen molar-refractivity contribution < 1.29 is 13.3 Å². The molecule has 2 fully saturated rings. The molecule has 1 aliphatic heterocycles. The molecule has 1 aromatic rings. The number of piperazine rings is 1. The highest BCUT2D eigenvalue weighted by Gasteiger charge is 2.32. The Morgan fingerprint density at radius 1 is 1.14 bits per heavy atom. The molecule has 0 spiro atoms. The average molecular weight is 411 g/mol. The van der Waals surface area contributed by atoms with Gasteiger partial charge in [-0.05, 0) is 38.9 Å². The molecular weight excluding hydrogens is 380 g/mol. The molecule has 1 saturated carbocycles. The minimum atomic E-state index is -3.73. The number of anilines is 1.